The minimum absolute atomic E-state index is 0.189. The highest BCUT2D eigenvalue weighted by atomic mass is 35.5. The van der Waals surface area contributed by atoms with E-state index in [-0.39, 0.29) is 5.91 Å². The number of hydrogen-bond acceptors (Lipinski definition) is 6. The van der Waals surface area contributed by atoms with E-state index in [0.29, 0.717) is 53.6 Å². The molecule has 7 nitrogen and oxygen atoms in total. The second-order valence-corrected chi connectivity index (χ2v) is 7.91. The van der Waals surface area contributed by atoms with E-state index in [2.05, 4.69) is 26.8 Å². The fourth-order valence-electron chi connectivity index (χ4n) is 3.59. The van der Waals surface area contributed by atoms with Crippen molar-refractivity contribution in [3.05, 3.63) is 70.3 Å². The highest BCUT2D eigenvalue weighted by molar-refractivity contribution is 6.34. The summed E-state index contributed by atoms with van der Waals surface area (Å²) >= 11 is 6.49. The van der Waals surface area contributed by atoms with Gasteiger partial charge in [0.2, 0.25) is 0 Å². The van der Waals surface area contributed by atoms with Crippen LogP contribution in [0.3, 0.4) is 0 Å². The summed E-state index contributed by atoms with van der Waals surface area (Å²) in [6.07, 6.45) is 3.89. The first-order valence-corrected chi connectivity index (χ1v) is 10.7. The Morgan fingerprint density at radius 3 is 2.75 bits per heavy atom. The Hall–Kier alpha value is -3.47. The van der Waals surface area contributed by atoms with Crippen molar-refractivity contribution in [2.24, 2.45) is 0 Å². The third kappa shape index (κ3) is 4.57. The van der Waals surface area contributed by atoms with E-state index in [1.807, 2.05) is 13.0 Å². The molecule has 0 bridgehead atoms. The van der Waals surface area contributed by atoms with E-state index in [1.165, 1.54) is 6.33 Å². The maximum atomic E-state index is 12.8. The predicted molar refractivity (Wildman–Crippen MR) is 123 cm³/mol. The van der Waals surface area contributed by atoms with Crippen molar-refractivity contribution in [2.45, 2.75) is 25.9 Å². The number of hydrogen-bond donors (Lipinski definition) is 2. The Morgan fingerprint density at radius 1 is 1.25 bits per heavy atom. The zero-order chi connectivity index (χ0) is 22.7. The number of rotatable bonds is 3. The summed E-state index contributed by atoms with van der Waals surface area (Å²) in [4.78, 5) is 27.3. The Balaban J connectivity index is 1.70. The van der Waals surface area contributed by atoms with Gasteiger partial charge in [-0.1, -0.05) is 36.4 Å². The topological polar surface area (TPSA) is 105 Å². The van der Waals surface area contributed by atoms with E-state index < -0.39 is 6.10 Å². The number of aliphatic hydroxyl groups is 1. The summed E-state index contributed by atoms with van der Waals surface area (Å²) in [5, 5.41) is 10.0. The number of aliphatic hydroxyl groups excluding tert-OH is 1. The first-order chi connectivity index (χ1) is 15.5. The number of pyridine rings is 1. The molecule has 2 aromatic heterocycles. The summed E-state index contributed by atoms with van der Waals surface area (Å²) < 4.78 is 0. The van der Waals surface area contributed by atoms with Gasteiger partial charge in [0.25, 0.3) is 5.91 Å². The number of aryl methyl sites for hydroxylation is 1. The van der Waals surface area contributed by atoms with Crippen LogP contribution >= 0.6 is 11.6 Å². The summed E-state index contributed by atoms with van der Waals surface area (Å²) in [5.41, 5.74) is 9.66. The molecule has 1 atom stereocenters. The molecule has 3 heterocycles. The molecule has 1 saturated heterocycles. The van der Waals surface area contributed by atoms with Crippen LogP contribution in [0.25, 0.3) is 11.3 Å². The molecule has 0 saturated carbocycles. The molecule has 32 heavy (non-hydrogen) atoms. The Morgan fingerprint density at radius 2 is 2.09 bits per heavy atom. The lowest BCUT2D eigenvalue weighted by molar-refractivity contribution is 0.0765. The molecule has 4 rings (SSSR count). The van der Waals surface area contributed by atoms with Gasteiger partial charge in [0.15, 0.2) is 0 Å². The summed E-state index contributed by atoms with van der Waals surface area (Å²) in [6.45, 7) is 2.84. The van der Waals surface area contributed by atoms with Crippen LogP contribution in [0.2, 0.25) is 5.02 Å². The third-order valence-corrected chi connectivity index (χ3v) is 5.62. The third-order valence-electron chi connectivity index (χ3n) is 5.30. The highest BCUT2D eigenvalue weighted by Crippen LogP contribution is 2.29. The Kier molecular flexibility index (Phi) is 6.35. The summed E-state index contributed by atoms with van der Waals surface area (Å²) in [5.74, 6) is 6.51. The van der Waals surface area contributed by atoms with Crippen LogP contribution < -0.4 is 5.73 Å². The first kappa shape index (κ1) is 21.8. The van der Waals surface area contributed by atoms with Crippen molar-refractivity contribution in [3.8, 4) is 23.1 Å². The SMILES string of the molecule is CCc1ncnc(-c2ccc(C(=O)N3CC[C@H](O)C3)c(Cl)c2)c1C#Cc1ccc(N)nc1. The Bertz CT molecular complexity index is 1220. The fraction of sp³-hybridized carbons (Fsp3) is 0.250. The van der Waals surface area contributed by atoms with Gasteiger partial charge in [0.1, 0.15) is 12.1 Å². The average molecular weight is 448 g/mol. The summed E-state index contributed by atoms with van der Waals surface area (Å²) in [7, 11) is 0. The molecule has 1 fully saturated rings. The first-order valence-electron chi connectivity index (χ1n) is 10.3. The highest BCUT2D eigenvalue weighted by Gasteiger charge is 2.27. The van der Waals surface area contributed by atoms with Crippen molar-refractivity contribution in [3.63, 3.8) is 0 Å². The van der Waals surface area contributed by atoms with Crippen LogP contribution in [-0.4, -0.2) is 50.1 Å². The molecule has 3 aromatic rings. The average Bonchev–Trinajstić information content (AvgIpc) is 3.24. The van der Waals surface area contributed by atoms with Crippen LogP contribution in [0.15, 0.2) is 42.9 Å². The number of anilines is 1. The number of nitrogens with two attached hydrogens (primary N) is 1. The van der Waals surface area contributed by atoms with Crippen molar-refractivity contribution in [1.82, 2.24) is 19.9 Å². The molecular weight excluding hydrogens is 426 g/mol. The fourth-order valence-corrected chi connectivity index (χ4v) is 3.85. The second kappa shape index (κ2) is 9.35. The van der Waals surface area contributed by atoms with Crippen molar-refractivity contribution < 1.29 is 9.90 Å². The maximum absolute atomic E-state index is 12.8. The largest absolute Gasteiger partial charge is 0.391 e. The molecule has 0 radical (unpaired) electrons. The standard InChI is InChI=1S/C24H22ClN5O2/c1-2-21-19(6-3-15-4-8-22(26)27-12-15)23(29-14-28-21)16-5-7-18(20(25)11-16)24(32)30-10-9-17(31)13-30/h4-5,7-8,11-12,14,17,31H,2,9-10,13H2,1H3,(H2,26,27)/t17-/m0/s1. The second-order valence-electron chi connectivity index (χ2n) is 7.51. The van der Waals surface area contributed by atoms with Crippen LogP contribution in [0, 0.1) is 11.8 Å². The van der Waals surface area contributed by atoms with Gasteiger partial charge in [-0.3, -0.25) is 4.79 Å². The number of benzene rings is 1. The molecular formula is C24H22ClN5O2. The molecule has 1 aromatic carbocycles. The van der Waals surface area contributed by atoms with Gasteiger partial charge in [-0.05, 0) is 37.1 Å². The summed E-state index contributed by atoms with van der Waals surface area (Å²) in [6, 6.07) is 8.72. The zero-order valence-electron chi connectivity index (χ0n) is 17.5. The minimum Gasteiger partial charge on any atom is -0.391 e. The smallest absolute Gasteiger partial charge is 0.255 e. The molecule has 3 N–H and O–H groups in total. The normalized spacial score (nSPS) is 15.3. The van der Waals surface area contributed by atoms with Crippen LogP contribution in [0.4, 0.5) is 5.82 Å². The molecule has 0 unspecified atom stereocenters. The molecule has 162 valence electrons. The molecule has 0 spiro atoms. The molecule has 8 heteroatoms. The van der Waals surface area contributed by atoms with Gasteiger partial charge in [-0.25, -0.2) is 15.0 Å². The van der Waals surface area contributed by atoms with Crippen LogP contribution in [-0.2, 0) is 6.42 Å². The van der Waals surface area contributed by atoms with E-state index in [1.54, 1.807) is 35.4 Å². The predicted octanol–water partition coefficient (Wildman–Crippen LogP) is 2.94. The number of β-amino-alcohol motifs (C(OH)–C–C–N with tert-alkyl or cyclic N) is 1. The van der Waals surface area contributed by atoms with Crippen molar-refractivity contribution in [1.29, 1.82) is 0 Å². The van der Waals surface area contributed by atoms with E-state index in [9.17, 15) is 9.90 Å². The lowest BCUT2D eigenvalue weighted by atomic mass is 10.0. The van der Waals surface area contributed by atoms with Gasteiger partial charge in [-0.2, -0.15) is 0 Å². The van der Waals surface area contributed by atoms with Crippen molar-refractivity contribution >= 4 is 23.3 Å². The number of carbonyl (C=O) groups excluding carboxylic acids is 1. The number of likely N-dealkylation sites (tertiary alicyclic amines) is 1. The quantitative estimate of drug-likeness (QED) is 0.598. The number of amides is 1. The van der Waals surface area contributed by atoms with Gasteiger partial charge in [-0.15, -0.1) is 0 Å². The molecule has 0 aliphatic carbocycles. The van der Waals surface area contributed by atoms with E-state index in [4.69, 9.17) is 17.3 Å². The van der Waals surface area contributed by atoms with Gasteiger partial charge in [0.05, 0.1) is 33.6 Å². The number of nitrogen functional groups attached to an aromatic ring is 1. The molecule has 1 amide bonds. The lowest BCUT2D eigenvalue weighted by Crippen LogP contribution is -2.29. The van der Waals surface area contributed by atoms with Gasteiger partial charge < -0.3 is 15.7 Å². The van der Waals surface area contributed by atoms with Crippen molar-refractivity contribution in [2.75, 3.05) is 18.8 Å². The maximum Gasteiger partial charge on any atom is 0.255 e. The van der Waals surface area contributed by atoms with E-state index >= 15 is 0 Å². The zero-order valence-corrected chi connectivity index (χ0v) is 18.3. The van der Waals surface area contributed by atoms with Crippen LogP contribution in [0.1, 0.15) is 40.5 Å². The number of aromatic nitrogens is 3. The molecule has 1 aliphatic heterocycles. The van der Waals surface area contributed by atoms with Gasteiger partial charge in [0, 0.05) is 30.4 Å². The monoisotopic (exact) mass is 447 g/mol. The van der Waals surface area contributed by atoms with E-state index in [0.717, 1.165) is 16.8 Å². The number of nitrogens with zero attached hydrogens (tertiary/aromatic N) is 4. The number of halogens is 1. The lowest BCUT2D eigenvalue weighted by Gasteiger charge is -2.17. The van der Waals surface area contributed by atoms with Crippen LogP contribution in [0.5, 0.6) is 0 Å². The number of carbonyl (C=O) groups is 1. The minimum atomic E-state index is -0.483. The molecule has 1 aliphatic rings. The Labute approximate surface area is 191 Å². The van der Waals surface area contributed by atoms with Gasteiger partial charge >= 0.3 is 0 Å².